The molecule has 0 bridgehead atoms. The SMILES string of the molecule is COCC(=O)CN(C)c1ccc(C#N)cc1. The number of anilines is 1. The Balaban J connectivity index is 2.63. The normalized spacial score (nSPS) is 9.56. The molecule has 16 heavy (non-hydrogen) atoms. The van der Waals surface area contributed by atoms with Gasteiger partial charge in [0.15, 0.2) is 5.78 Å². The van der Waals surface area contributed by atoms with Gasteiger partial charge < -0.3 is 9.64 Å². The molecular weight excluding hydrogens is 204 g/mol. The van der Waals surface area contributed by atoms with Crippen molar-refractivity contribution in [2.24, 2.45) is 0 Å². The average Bonchev–Trinajstić information content (AvgIpc) is 2.29. The molecule has 1 rings (SSSR count). The van der Waals surface area contributed by atoms with Gasteiger partial charge in [0.1, 0.15) is 6.61 Å². The first-order valence-corrected chi connectivity index (χ1v) is 4.89. The van der Waals surface area contributed by atoms with Crippen LogP contribution in [-0.4, -0.2) is 33.1 Å². The Morgan fingerprint density at radius 1 is 1.44 bits per heavy atom. The van der Waals surface area contributed by atoms with Crippen molar-refractivity contribution in [2.45, 2.75) is 0 Å². The van der Waals surface area contributed by atoms with E-state index in [4.69, 9.17) is 10.00 Å². The zero-order valence-electron chi connectivity index (χ0n) is 9.43. The van der Waals surface area contributed by atoms with E-state index >= 15 is 0 Å². The second-order valence-corrected chi connectivity index (χ2v) is 3.49. The number of hydrogen-bond donors (Lipinski definition) is 0. The fraction of sp³-hybridized carbons (Fsp3) is 0.333. The minimum Gasteiger partial charge on any atom is -0.377 e. The predicted molar refractivity (Wildman–Crippen MR) is 61.3 cm³/mol. The standard InChI is InChI=1S/C12H14N2O2/c1-14(8-12(15)9-16-2)11-5-3-10(7-13)4-6-11/h3-6H,8-9H2,1-2H3. The first kappa shape index (κ1) is 12.2. The number of Topliss-reactive ketones (excluding diaryl/α,β-unsaturated/α-hetero) is 1. The van der Waals surface area contributed by atoms with Crippen molar-refractivity contribution in [3.63, 3.8) is 0 Å². The molecule has 4 nitrogen and oxygen atoms in total. The third-order valence-electron chi connectivity index (χ3n) is 2.16. The first-order chi connectivity index (χ1) is 7.67. The summed E-state index contributed by atoms with van der Waals surface area (Å²) in [6, 6.07) is 9.14. The van der Waals surface area contributed by atoms with Gasteiger partial charge in [-0.3, -0.25) is 4.79 Å². The third kappa shape index (κ3) is 3.37. The maximum Gasteiger partial charge on any atom is 0.177 e. The monoisotopic (exact) mass is 218 g/mol. The molecule has 0 heterocycles. The molecule has 0 unspecified atom stereocenters. The van der Waals surface area contributed by atoms with Crippen molar-refractivity contribution in [2.75, 3.05) is 32.2 Å². The maximum absolute atomic E-state index is 11.3. The van der Waals surface area contributed by atoms with E-state index in [1.807, 2.05) is 30.1 Å². The van der Waals surface area contributed by atoms with Crippen LogP contribution in [0.1, 0.15) is 5.56 Å². The zero-order valence-corrected chi connectivity index (χ0v) is 9.43. The van der Waals surface area contributed by atoms with Crippen LogP contribution in [0.5, 0.6) is 0 Å². The van der Waals surface area contributed by atoms with Gasteiger partial charge in [0.2, 0.25) is 0 Å². The fourth-order valence-corrected chi connectivity index (χ4v) is 1.35. The lowest BCUT2D eigenvalue weighted by Gasteiger charge is -2.18. The number of methoxy groups -OCH3 is 1. The summed E-state index contributed by atoms with van der Waals surface area (Å²) >= 11 is 0. The smallest absolute Gasteiger partial charge is 0.177 e. The number of rotatable bonds is 5. The summed E-state index contributed by atoms with van der Waals surface area (Å²) in [5.74, 6) is 0.0226. The molecule has 0 saturated carbocycles. The van der Waals surface area contributed by atoms with Crippen LogP contribution >= 0.6 is 0 Å². The number of nitrogens with zero attached hydrogens (tertiary/aromatic N) is 2. The number of nitriles is 1. The minimum atomic E-state index is 0.0226. The lowest BCUT2D eigenvalue weighted by atomic mass is 10.2. The van der Waals surface area contributed by atoms with E-state index in [9.17, 15) is 4.79 Å². The van der Waals surface area contributed by atoms with Gasteiger partial charge >= 0.3 is 0 Å². The Morgan fingerprint density at radius 3 is 2.56 bits per heavy atom. The van der Waals surface area contributed by atoms with Crippen molar-refractivity contribution < 1.29 is 9.53 Å². The van der Waals surface area contributed by atoms with Crippen LogP contribution in [0.2, 0.25) is 0 Å². The van der Waals surface area contributed by atoms with Crippen LogP contribution in [-0.2, 0) is 9.53 Å². The van der Waals surface area contributed by atoms with E-state index in [2.05, 4.69) is 0 Å². The highest BCUT2D eigenvalue weighted by molar-refractivity contribution is 5.84. The molecule has 0 radical (unpaired) electrons. The van der Waals surface area contributed by atoms with Crippen LogP contribution in [0.3, 0.4) is 0 Å². The second-order valence-electron chi connectivity index (χ2n) is 3.49. The van der Waals surface area contributed by atoms with Crippen LogP contribution < -0.4 is 4.90 Å². The van der Waals surface area contributed by atoms with E-state index < -0.39 is 0 Å². The predicted octanol–water partition coefficient (Wildman–Crippen LogP) is 1.21. The molecule has 0 saturated heterocycles. The molecule has 1 aromatic carbocycles. The van der Waals surface area contributed by atoms with Gasteiger partial charge in [0, 0.05) is 19.8 Å². The van der Waals surface area contributed by atoms with E-state index in [0.29, 0.717) is 12.1 Å². The Bertz CT molecular complexity index is 392. The molecule has 0 N–H and O–H groups in total. The Hall–Kier alpha value is -1.86. The van der Waals surface area contributed by atoms with Crippen LogP contribution in [0.15, 0.2) is 24.3 Å². The summed E-state index contributed by atoms with van der Waals surface area (Å²) in [5, 5.41) is 8.65. The lowest BCUT2D eigenvalue weighted by molar-refractivity contribution is -0.121. The summed E-state index contributed by atoms with van der Waals surface area (Å²) in [6.07, 6.45) is 0. The van der Waals surface area contributed by atoms with Gasteiger partial charge in [0.25, 0.3) is 0 Å². The van der Waals surface area contributed by atoms with Crippen LogP contribution in [0.4, 0.5) is 5.69 Å². The highest BCUT2D eigenvalue weighted by Crippen LogP contribution is 2.12. The first-order valence-electron chi connectivity index (χ1n) is 4.89. The quantitative estimate of drug-likeness (QED) is 0.745. The summed E-state index contributed by atoms with van der Waals surface area (Å²) in [7, 11) is 3.33. The molecule has 0 spiro atoms. The van der Waals surface area contributed by atoms with Crippen molar-refractivity contribution in [1.82, 2.24) is 0 Å². The molecule has 0 amide bonds. The molecule has 4 heteroatoms. The number of carbonyl (C=O) groups is 1. The van der Waals surface area contributed by atoms with Gasteiger partial charge in [-0.1, -0.05) is 0 Å². The fourth-order valence-electron chi connectivity index (χ4n) is 1.35. The largest absolute Gasteiger partial charge is 0.377 e. The molecule has 1 aromatic rings. The molecule has 0 aliphatic rings. The number of carbonyl (C=O) groups excluding carboxylic acids is 1. The van der Waals surface area contributed by atoms with Crippen molar-refractivity contribution in [3.05, 3.63) is 29.8 Å². The Kier molecular flexibility index (Phi) is 4.49. The Labute approximate surface area is 95.0 Å². The molecule has 0 aliphatic heterocycles. The summed E-state index contributed by atoms with van der Waals surface area (Å²) in [4.78, 5) is 13.2. The summed E-state index contributed by atoms with van der Waals surface area (Å²) < 4.78 is 4.76. The van der Waals surface area contributed by atoms with E-state index in [0.717, 1.165) is 5.69 Å². The molecule has 0 aromatic heterocycles. The summed E-state index contributed by atoms with van der Waals surface area (Å²) in [5.41, 5.74) is 1.52. The van der Waals surface area contributed by atoms with E-state index in [1.165, 1.54) is 7.11 Å². The average molecular weight is 218 g/mol. The Morgan fingerprint density at radius 2 is 2.06 bits per heavy atom. The molecular formula is C12H14N2O2. The van der Waals surface area contributed by atoms with Gasteiger partial charge in [0.05, 0.1) is 18.2 Å². The zero-order chi connectivity index (χ0) is 12.0. The van der Waals surface area contributed by atoms with Crippen molar-refractivity contribution in [1.29, 1.82) is 5.26 Å². The van der Waals surface area contributed by atoms with Crippen LogP contribution in [0, 0.1) is 11.3 Å². The van der Waals surface area contributed by atoms with Crippen LogP contribution in [0.25, 0.3) is 0 Å². The van der Waals surface area contributed by atoms with Gasteiger partial charge in [-0.25, -0.2) is 0 Å². The van der Waals surface area contributed by atoms with Crippen molar-refractivity contribution in [3.8, 4) is 6.07 Å². The van der Waals surface area contributed by atoms with Gasteiger partial charge in [-0.2, -0.15) is 5.26 Å². The minimum absolute atomic E-state index is 0.0226. The third-order valence-corrected chi connectivity index (χ3v) is 2.16. The maximum atomic E-state index is 11.3. The van der Waals surface area contributed by atoms with Crippen molar-refractivity contribution >= 4 is 11.5 Å². The number of likely N-dealkylation sites (N-methyl/N-ethyl adjacent to an activating group) is 1. The highest BCUT2D eigenvalue weighted by atomic mass is 16.5. The summed E-state index contributed by atoms with van der Waals surface area (Å²) in [6.45, 7) is 0.431. The number of benzene rings is 1. The van der Waals surface area contributed by atoms with E-state index in [-0.39, 0.29) is 12.4 Å². The molecule has 0 atom stereocenters. The molecule has 84 valence electrons. The van der Waals surface area contributed by atoms with Gasteiger partial charge in [-0.05, 0) is 24.3 Å². The molecule has 0 fully saturated rings. The molecule has 0 aliphatic carbocycles. The van der Waals surface area contributed by atoms with E-state index in [1.54, 1.807) is 12.1 Å². The topological polar surface area (TPSA) is 53.3 Å². The number of hydrogen-bond acceptors (Lipinski definition) is 4. The second kappa shape index (κ2) is 5.89. The number of ether oxygens (including phenoxy) is 1. The highest BCUT2D eigenvalue weighted by Gasteiger charge is 2.06. The lowest BCUT2D eigenvalue weighted by Crippen LogP contribution is -2.27. The number of ketones is 1. The van der Waals surface area contributed by atoms with Gasteiger partial charge in [-0.15, -0.1) is 0 Å².